The van der Waals surface area contributed by atoms with Crippen LogP contribution in [-0.4, -0.2) is 30.0 Å². The fourth-order valence-corrected chi connectivity index (χ4v) is 2.84. The number of hydrogen-bond acceptors (Lipinski definition) is 3. The molecule has 0 aromatic carbocycles. The van der Waals surface area contributed by atoms with Crippen LogP contribution in [0.2, 0.25) is 0 Å². The summed E-state index contributed by atoms with van der Waals surface area (Å²) in [5.74, 6) is 1.18. The Morgan fingerprint density at radius 2 is 2.25 bits per heavy atom. The largest absolute Gasteiger partial charge is 0.347 e. The summed E-state index contributed by atoms with van der Waals surface area (Å²) in [5, 5.41) is 6.34. The van der Waals surface area contributed by atoms with Crippen molar-refractivity contribution >= 4 is 21.8 Å². The number of nitrogens with zero attached hydrogens (tertiary/aromatic N) is 1. The van der Waals surface area contributed by atoms with Crippen LogP contribution in [0, 0.1) is 11.8 Å². The highest BCUT2D eigenvalue weighted by Crippen LogP contribution is 2.41. The topological polar surface area (TPSA) is 54.0 Å². The van der Waals surface area contributed by atoms with Gasteiger partial charge in [0.15, 0.2) is 0 Å². The van der Waals surface area contributed by atoms with Gasteiger partial charge in [0, 0.05) is 29.8 Å². The Bertz CT molecular complexity index is 427. The predicted molar refractivity (Wildman–Crippen MR) is 63.0 cm³/mol. The molecule has 2 heterocycles. The number of piperidine rings is 1. The average molecular weight is 282 g/mol. The minimum absolute atomic E-state index is 0.0770. The first kappa shape index (κ1) is 10.2. The van der Waals surface area contributed by atoms with Crippen molar-refractivity contribution in [2.24, 2.45) is 11.8 Å². The Labute approximate surface area is 102 Å². The smallest absolute Gasteiger partial charge is 0.271 e. The van der Waals surface area contributed by atoms with Crippen molar-refractivity contribution in [3.8, 4) is 0 Å². The fourth-order valence-electron chi connectivity index (χ4n) is 2.40. The first-order valence-electron chi connectivity index (χ1n) is 5.39. The lowest BCUT2D eigenvalue weighted by Crippen LogP contribution is -2.33. The molecule has 1 aliphatic carbocycles. The molecule has 0 spiro atoms. The summed E-state index contributed by atoms with van der Waals surface area (Å²) >= 11 is 3.33. The molecule has 16 heavy (non-hydrogen) atoms. The molecule has 5 heteroatoms. The van der Waals surface area contributed by atoms with E-state index in [1.54, 1.807) is 12.3 Å². The number of amides is 1. The minimum Gasteiger partial charge on any atom is -0.347 e. The molecule has 1 saturated carbocycles. The second-order valence-corrected chi connectivity index (χ2v) is 5.17. The van der Waals surface area contributed by atoms with Gasteiger partial charge in [0.25, 0.3) is 5.91 Å². The van der Waals surface area contributed by atoms with Crippen molar-refractivity contribution < 1.29 is 4.79 Å². The van der Waals surface area contributed by atoms with Gasteiger partial charge in [-0.1, -0.05) is 0 Å². The molecule has 1 aliphatic heterocycles. The van der Waals surface area contributed by atoms with Gasteiger partial charge in [-0.3, -0.25) is 4.79 Å². The number of rotatable bonds is 2. The zero-order chi connectivity index (χ0) is 11.1. The number of halogens is 1. The van der Waals surface area contributed by atoms with Crippen molar-refractivity contribution in [1.82, 2.24) is 15.6 Å². The summed E-state index contributed by atoms with van der Waals surface area (Å²) in [6, 6.07) is 3.98. The normalized spacial score (nSPS) is 30.9. The van der Waals surface area contributed by atoms with Gasteiger partial charge >= 0.3 is 0 Å². The predicted octanol–water partition coefficient (Wildman–Crippen LogP) is 0.792. The standard InChI is InChI=1S/C11H12BrN3O/c12-8-2-1-3-14-10(8)11(16)15-9-6-4-13-5-7(6)9/h1-3,6-7,9,13H,4-5H2,(H,15,16). The number of carbonyl (C=O) groups excluding carboxylic acids is 1. The molecule has 0 bridgehead atoms. The van der Waals surface area contributed by atoms with E-state index in [2.05, 4.69) is 31.5 Å². The van der Waals surface area contributed by atoms with Crippen molar-refractivity contribution in [3.63, 3.8) is 0 Å². The van der Waals surface area contributed by atoms with Crippen molar-refractivity contribution in [1.29, 1.82) is 0 Å². The number of carbonyl (C=O) groups is 1. The second-order valence-electron chi connectivity index (χ2n) is 4.32. The third-order valence-electron chi connectivity index (χ3n) is 3.36. The van der Waals surface area contributed by atoms with E-state index in [4.69, 9.17) is 0 Å². The van der Waals surface area contributed by atoms with Crippen LogP contribution >= 0.6 is 15.9 Å². The highest BCUT2D eigenvalue weighted by molar-refractivity contribution is 9.10. The van der Waals surface area contributed by atoms with Gasteiger partial charge in [-0.05, 0) is 39.9 Å². The number of pyridine rings is 1. The lowest BCUT2D eigenvalue weighted by Gasteiger charge is -2.07. The molecule has 2 unspecified atom stereocenters. The molecule has 3 rings (SSSR count). The van der Waals surface area contributed by atoms with Crippen LogP contribution in [0.15, 0.2) is 22.8 Å². The summed E-state index contributed by atoms with van der Waals surface area (Å²) in [6.07, 6.45) is 1.63. The molecule has 2 atom stereocenters. The Morgan fingerprint density at radius 1 is 1.50 bits per heavy atom. The third-order valence-corrected chi connectivity index (χ3v) is 4.00. The fraction of sp³-hybridized carbons (Fsp3) is 0.455. The molecule has 1 amide bonds. The zero-order valence-electron chi connectivity index (χ0n) is 8.61. The maximum absolute atomic E-state index is 11.9. The molecule has 4 nitrogen and oxygen atoms in total. The molecular weight excluding hydrogens is 270 g/mol. The Balaban J connectivity index is 1.68. The molecule has 2 aliphatic rings. The lowest BCUT2D eigenvalue weighted by atomic mass is 10.3. The average Bonchev–Trinajstić information content (AvgIpc) is 2.75. The molecule has 84 valence electrons. The van der Waals surface area contributed by atoms with Crippen LogP contribution < -0.4 is 10.6 Å². The SMILES string of the molecule is O=C(NC1C2CNCC21)c1ncccc1Br. The third kappa shape index (κ3) is 1.64. The zero-order valence-corrected chi connectivity index (χ0v) is 10.2. The second kappa shape index (κ2) is 3.82. The monoisotopic (exact) mass is 281 g/mol. The van der Waals surface area contributed by atoms with Gasteiger partial charge in [0.1, 0.15) is 5.69 Å². The van der Waals surface area contributed by atoms with Gasteiger partial charge in [0.05, 0.1) is 0 Å². The molecule has 1 aromatic rings. The summed E-state index contributed by atoms with van der Waals surface area (Å²) < 4.78 is 0.747. The summed E-state index contributed by atoms with van der Waals surface area (Å²) in [4.78, 5) is 16.0. The first-order valence-corrected chi connectivity index (χ1v) is 6.19. The number of hydrogen-bond donors (Lipinski definition) is 2. The van der Waals surface area contributed by atoms with Crippen LogP contribution in [0.3, 0.4) is 0 Å². The number of aromatic nitrogens is 1. The van der Waals surface area contributed by atoms with E-state index in [1.807, 2.05) is 6.07 Å². The van der Waals surface area contributed by atoms with Gasteiger partial charge in [0.2, 0.25) is 0 Å². The summed E-state index contributed by atoms with van der Waals surface area (Å²) in [6.45, 7) is 2.05. The van der Waals surface area contributed by atoms with Gasteiger partial charge < -0.3 is 10.6 Å². The van der Waals surface area contributed by atoms with Crippen LogP contribution in [0.4, 0.5) is 0 Å². The van der Waals surface area contributed by atoms with E-state index < -0.39 is 0 Å². The molecule has 1 aromatic heterocycles. The minimum atomic E-state index is -0.0770. The molecular formula is C11H12BrN3O. The van der Waals surface area contributed by atoms with Crippen LogP contribution in [-0.2, 0) is 0 Å². The Kier molecular flexibility index (Phi) is 2.44. The summed E-state index contributed by atoms with van der Waals surface area (Å²) in [7, 11) is 0. The molecule has 0 radical (unpaired) electrons. The molecule has 2 N–H and O–H groups in total. The van der Waals surface area contributed by atoms with Gasteiger partial charge in [-0.2, -0.15) is 0 Å². The maximum Gasteiger partial charge on any atom is 0.271 e. The quantitative estimate of drug-likeness (QED) is 0.843. The van der Waals surface area contributed by atoms with Crippen LogP contribution in [0.5, 0.6) is 0 Å². The van der Waals surface area contributed by atoms with Gasteiger partial charge in [-0.15, -0.1) is 0 Å². The lowest BCUT2D eigenvalue weighted by molar-refractivity contribution is 0.0940. The van der Waals surface area contributed by atoms with Crippen molar-refractivity contribution in [2.45, 2.75) is 6.04 Å². The van der Waals surface area contributed by atoms with E-state index in [-0.39, 0.29) is 5.91 Å². The number of fused-ring (bicyclic) bond motifs is 1. The molecule has 1 saturated heterocycles. The Morgan fingerprint density at radius 3 is 2.94 bits per heavy atom. The van der Waals surface area contributed by atoms with Crippen LogP contribution in [0.25, 0.3) is 0 Å². The summed E-state index contributed by atoms with van der Waals surface area (Å²) in [5.41, 5.74) is 0.473. The van der Waals surface area contributed by atoms with Crippen LogP contribution in [0.1, 0.15) is 10.5 Å². The first-order chi connectivity index (χ1) is 7.77. The van der Waals surface area contributed by atoms with E-state index in [1.165, 1.54) is 0 Å². The Hall–Kier alpha value is -0.940. The highest BCUT2D eigenvalue weighted by atomic mass is 79.9. The maximum atomic E-state index is 11.9. The molecule has 2 fully saturated rings. The van der Waals surface area contributed by atoms with Crippen molar-refractivity contribution in [3.05, 3.63) is 28.5 Å². The number of nitrogens with one attached hydrogen (secondary N) is 2. The van der Waals surface area contributed by atoms with E-state index >= 15 is 0 Å². The van der Waals surface area contributed by atoms with Crippen molar-refractivity contribution in [2.75, 3.05) is 13.1 Å². The highest BCUT2D eigenvalue weighted by Gasteiger charge is 2.53. The van der Waals surface area contributed by atoms with E-state index in [9.17, 15) is 4.79 Å². The van der Waals surface area contributed by atoms with E-state index in [0.717, 1.165) is 17.6 Å². The van der Waals surface area contributed by atoms with E-state index in [0.29, 0.717) is 23.6 Å². The van der Waals surface area contributed by atoms with Gasteiger partial charge in [-0.25, -0.2) is 4.98 Å².